The molecule has 0 atom stereocenters. The Morgan fingerprint density at radius 2 is 1.83 bits per heavy atom. The van der Waals surface area contributed by atoms with Crippen LogP contribution in [0.2, 0.25) is 0 Å². The molecule has 3 aromatic rings. The van der Waals surface area contributed by atoms with Crippen molar-refractivity contribution in [1.29, 1.82) is 0 Å². The van der Waals surface area contributed by atoms with Crippen LogP contribution >= 0.6 is 0 Å². The lowest BCUT2D eigenvalue weighted by atomic mass is 10.1. The lowest BCUT2D eigenvalue weighted by Crippen LogP contribution is -2.15. The normalized spacial score (nSPS) is 10.5. The van der Waals surface area contributed by atoms with Crippen molar-refractivity contribution in [3.8, 4) is 11.4 Å². The number of tetrazole rings is 1. The molecule has 6 nitrogen and oxygen atoms in total. The van der Waals surface area contributed by atoms with E-state index < -0.39 is 5.97 Å². The van der Waals surface area contributed by atoms with Crippen molar-refractivity contribution in [2.24, 2.45) is 0 Å². The molecule has 3 rings (SSSR count). The first kappa shape index (κ1) is 14.9. The van der Waals surface area contributed by atoms with Crippen molar-refractivity contribution in [2.45, 2.75) is 20.1 Å². The van der Waals surface area contributed by atoms with E-state index in [4.69, 9.17) is 4.74 Å². The minimum Gasteiger partial charge on any atom is -0.459 e. The fourth-order valence-electron chi connectivity index (χ4n) is 2.03. The second-order valence-electron chi connectivity index (χ2n) is 5.16. The van der Waals surface area contributed by atoms with Crippen LogP contribution in [0.4, 0.5) is 0 Å². The van der Waals surface area contributed by atoms with Crippen LogP contribution < -0.4 is 0 Å². The number of aromatic nitrogens is 4. The zero-order valence-electron chi connectivity index (χ0n) is 12.7. The summed E-state index contributed by atoms with van der Waals surface area (Å²) in [5, 5.41) is 12.0. The maximum absolute atomic E-state index is 11.8. The summed E-state index contributed by atoms with van der Waals surface area (Å²) in [6.07, 6.45) is 0. The molecule has 0 aliphatic heterocycles. The van der Waals surface area contributed by atoms with Gasteiger partial charge in [0.1, 0.15) is 6.61 Å². The molecular weight excluding hydrogens is 292 g/mol. The van der Waals surface area contributed by atoms with Gasteiger partial charge in [-0.3, -0.25) is 0 Å². The number of hydrogen-bond donors (Lipinski definition) is 0. The van der Waals surface area contributed by atoms with E-state index in [1.807, 2.05) is 61.5 Å². The van der Waals surface area contributed by atoms with E-state index in [0.717, 1.165) is 16.7 Å². The maximum atomic E-state index is 11.8. The first-order valence-corrected chi connectivity index (χ1v) is 7.25. The fourth-order valence-corrected chi connectivity index (χ4v) is 2.03. The van der Waals surface area contributed by atoms with E-state index >= 15 is 0 Å². The number of aryl methyl sites for hydroxylation is 1. The third kappa shape index (κ3) is 4.00. The molecule has 0 radical (unpaired) electrons. The van der Waals surface area contributed by atoms with Gasteiger partial charge in [0.15, 0.2) is 6.54 Å². The summed E-state index contributed by atoms with van der Waals surface area (Å²) in [7, 11) is 0. The summed E-state index contributed by atoms with van der Waals surface area (Å²) in [4.78, 5) is 13.1. The monoisotopic (exact) mass is 308 g/mol. The molecule has 1 heterocycles. The van der Waals surface area contributed by atoms with Crippen LogP contribution in [-0.4, -0.2) is 26.2 Å². The smallest absolute Gasteiger partial charge is 0.330 e. The third-order valence-corrected chi connectivity index (χ3v) is 3.28. The summed E-state index contributed by atoms with van der Waals surface area (Å²) >= 11 is 0. The van der Waals surface area contributed by atoms with Gasteiger partial charge >= 0.3 is 5.97 Å². The Balaban J connectivity index is 1.58. The van der Waals surface area contributed by atoms with E-state index in [9.17, 15) is 4.79 Å². The van der Waals surface area contributed by atoms with Gasteiger partial charge in [-0.05, 0) is 17.7 Å². The quantitative estimate of drug-likeness (QED) is 0.677. The Labute approximate surface area is 133 Å². The van der Waals surface area contributed by atoms with Crippen LogP contribution in [-0.2, 0) is 22.7 Å². The van der Waals surface area contributed by atoms with Crippen molar-refractivity contribution in [1.82, 2.24) is 20.2 Å². The number of ether oxygens (including phenoxy) is 1. The highest BCUT2D eigenvalue weighted by molar-refractivity contribution is 5.69. The van der Waals surface area contributed by atoms with Crippen LogP contribution in [0.1, 0.15) is 11.1 Å². The Bertz CT molecular complexity index is 782. The predicted molar refractivity (Wildman–Crippen MR) is 84.2 cm³/mol. The van der Waals surface area contributed by atoms with Crippen molar-refractivity contribution in [2.75, 3.05) is 0 Å². The second-order valence-corrected chi connectivity index (χ2v) is 5.16. The summed E-state index contributed by atoms with van der Waals surface area (Å²) in [6, 6.07) is 17.3. The highest BCUT2D eigenvalue weighted by Crippen LogP contribution is 2.13. The number of carbonyl (C=O) groups excluding carboxylic acids is 1. The zero-order chi connectivity index (χ0) is 16.1. The van der Waals surface area contributed by atoms with Gasteiger partial charge in [-0.15, -0.1) is 10.2 Å². The summed E-state index contributed by atoms with van der Waals surface area (Å²) in [5.41, 5.74) is 2.96. The van der Waals surface area contributed by atoms with Gasteiger partial charge in [0, 0.05) is 5.56 Å². The molecule has 0 aliphatic rings. The van der Waals surface area contributed by atoms with Gasteiger partial charge in [-0.25, -0.2) is 4.79 Å². The topological polar surface area (TPSA) is 69.9 Å². The SMILES string of the molecule is Cc1ccc(-c2nnn(CC(=O)OCc3ccccc3)n2)cc1. The molecule has 0 N–H and O–H groups in total. The van der Waals surface area contributed by atoms with E-state index in [-0.39, 0.29) is 13.2 Å². The van der Waals surface area contributed by atoms with Gasteiger partial charge < -0.3 is 4.74 Å². The Hall–Kier alpha value is -3.02. The zero-order valence-corrected chi connectivity index (χ0v) is 12.7. The van der Waals surface area contributed by atoms with Crippen LogP contribution in [0.5, 0.6) is 0 Å². The summed E-state index contributed by atoms with van der Waals surface area (Å²) in [5.74, 6) is 0.0857. The number of rotatable bonds is 5. The molecular formula is C17H16N4O2. The van der Waals surface area contributed by atoms with E-state index in [0.29, 0.717) is 5.82 Å². The minimum atomic E-state index is -0.401. The standard InChI is InChI=1S/C17H16N4O2/c1-13-7-9-15(10-8-13)17-18-20-21(19-17)11-16(22)23-12-14-5-3-2-4-6-14/h2-10H,11-12H2,1H3. The Morgan fingerprint density at radius 1 is 1.09 bits per heavy atom. The van der Waals surface area contributed by atoms with Crippen molar-refractivity contribution in [3.05, 3.63) is 65.7 Å². The first-order valence-electron chi connectivity index (χ1n) is 7.25. The second kappa shape index (κ2) is 6.83. The molecule has 23 heavy (non-hydrogen) atoms. The number of hydrogen-bond acceptors (Lipinski definition) is 5. The average molecular weight is 308 g/mol. The van der Waals surface area contributed by atoms with Gasteiger partial charge in [-0.2, -0.15) is 4.80 Å². The summed E-state index contributed by atoms with van der Waals surface area (Å²) in [6.45, 7) is 2.18. The van der Waals surface area contributed by atoms with E-state index in [2.05, 4.69) is 15.4 Å². The van der Waals surface area contributed by atoms with Gasteiger partial charge in [-0.1, -0.05) is 60.2 Å². The number of esters is 1. The van der Waals surface area contributed by atoms with Crippen LogP contribution in [0.25, 0.3) is 11.4 Å². The fraction of sp³-hybridized carbons (Fsp3) is 0.176. The molecule has 0 aliphatic carbocycles. The van der Waals surface area contributed by atoms with Crippen molar-refractivity contribution < 1.29 is 9.53 Å². The highest BCUT2D eigenvalue weighted by atomic mass is 16.5. The number of nitrogens with zero attached hydrogens (tertiary/aromatic N) is 4. The molecule has 0 spiro atoms. The molecule has 6 heteroatoms. The molecule has 1 aromatic heterocycles. The largest absolute Gasteiger partial charge is 0.459 e. The van der Waals surface area contributed by atoms with Crippen LogP contribution in [0.3, 0.4) is 0 Å². The third-order valence-electron chi connectivity index (χ3n) is 3.28. The van der Waals surface area contributed by atoms with E-state index in [1.54, 1.807) is 0 Å². The Kier molecular flexibility index (Phi) is 4.42. The van der Waals surface area contributed by atoms with Gasteiger partial charge in [0.25, 0.3) is 0 Å². The molecule has 0 saturated carbocycles. The minimum absolute atomic E-state index is 0.0638. The van der Waals surface area contributed by atoms with Gasteiger partial charge in [0.2, 0.25) is 5.82 Å². The highest BCUT2D eigenvalue weighted by Gasteiger charge is 2.10. The molecule has 116 valence electrons. The molecule has 0 saturated heterocycles. The lowest BCUT2D eigenvalue weighted by Gasteiger charge is -2.03. The first-order chi connectivity index (χ1) is 11.2. The molecule has 0 amide bonds. The predicted octanol–water partition coefficient (Wildman–Crippen LogP) is 2.39. The number of carbonyl (C=O) groups is 1. The summed E-state index contributed by atoms with van der Waals surface area (Å²) < 4.78 is 5.20. The molecule has 0 bridgehead atoms. The van der Waals surface area contributed by atoms with Crippen molar-refractivity contribution >= 4 is 5.97 Å². The van der Waals surface area contributed by atoms with Crippen molar-refractivity contribution in [3.63, 3.8) is 0 Å². The molecule has 2 aromatic carbocycles. The Morgan fingerprint density at radius 3 is 2.57 bits per heavy atom. The van der Waals surface area contributed by atoms with Gasteiger partial charge in [0.05, 0.1) is 0 Å². The number of benzene rings is 2. The van der Waals surface area contributed by atoms with Crippen LogP contribution in [0.15, 0.2) is 54.6 Å². The molecule has 0 unspecified atom stereocenters. The maximum Gasteiger partial charge on any atom is 0.330 e. The van der Waals surface area contributed by atoms with Crippen LogP contribution in [0, 0.1) is 6.92 Å². The lowest BCUT2D eigenvalue weighted by molar-refractivity contribution is -0.146. The average Bonchev–Trinajstić information content (AvgIpc) is 3.03. The molecule has 0 fully saturated rings. The van der Waals surface area contributed by atoms with E-state index in [1.165, 1.54) is 4.80 Å².